The van der Waals surface area contributed by atoms with E-state index >= 15 is 0 Å². The minimum atomic E-state index is -3.11. The SMILES string of the molecule is COc1ncnc(NC2CCCS(=O)(=O)C2)c1[N+](=O)[O-]. The maximum Gasteiger partial charge on any atom is 0.372 e. The van der Waals surface area contributed by atoms with Crippen LogP contribution in [0.15, 0.2) is 6.33 Å². The monoisotopic (exact) mass is 302 g/mol. The maximum absolute atomic E-state index is 11.6. The van der Waals surface area contributed by atoms with Crippen LogP contribution in [0.5, 0.6) is 5.88 Å². The molecule has 9 nitrogen and oxygen atoms in total. The average molecular weight is 302 g/mol. The number of sulfone groups is 1. The van der Waals surface area contributed by atoms with Crippen LogP contribution in [0.25, 0.3) is 0 Å². The summed E-state index contributed by atoms with van der Waals surface area (Å²) in [4.78, 5) is 17.9. The second-order valence-electron chi connectivity index (χ2n) is 4.44. The summed E-state index contributed by atoms with van der Waals surface area (Å²) >= 11 is 0. The van der Waals surface area contributed by atoms with Crippen molar-refractivity contribution in [1.29, 1.82) is 0 Å². The predicted molar refractivity (Wildman–Crippen MR) is 70.5 cm³/mol. The molecule has 20 heavy (non-hydrogen) atoms. The Morgan fingerprint density at radius 3 is 2.85 bits per heavy atom. The van der Waals surface area contributed by atoms with Gasteiger partial charge in [-0.05, 0) is 12.8 Å². The lowest BCUT2D eigenvalue weighted by atomic mass is 10.2. The van der Waals surface area contributed by atoms with Crippen LogP contribution in [0.1, 0.15) is 12.8 Å². The van der Waals surface area contributed by atoms with Crippen LogP contribution in [-0.2, 0) is 9.84 Å². The lowest BCUT2D eigenvalue weighted by Crippen LogP contribution is -2.35. The second-order valence-corrected chi connectivity index (χ2v) is 6.66. The van der Waals surface area contributed by atoms with Gasteiger partial charge in [-0.15, -0.1) is 0 Å². The first-order valence-corrected chi connectivity index (χ1v) is 7.75. The summed E-state index contributed by atoms with van der Waals surface area (Å²) in [7, 11) is -1.84. The largest absolute Gasteiger partial charge is 0.476 e. The van der Waals surface area contributed by atoms with Gasteiger partial charge in [0.15, 0.2) is 9.84 Å². The summed E-state index contributed by atoms with van der Waals surface area (Å²) in [6.45, 7) is 0. The summed E-state index contributed by atoms with van der Waals surface area (Å²) in [6.07, 6.45) is 2.27. The summed E-state index contributed by atoms with van der Waals surface area (Å²) in [5.41, 5.74) is -0.391. The molecule has 0 aromatic carbocycles. The number of hydrogen-bond acceptors (Lipinski definition) is 8. The molecular formula is C10H14N4O5S. The Morgan fingerprint density at radius 2 is 2.25 bits per heavy atom. The number of nitrogens with one attached hydrogen (secondary N) is 1. The standard InChI is InChI=1S/C10H14N4O5S/c1-19-10-8(14(15)16)9(11-6-12-10)13-7-3-2-4-20(17,18)5-7/h6-7H,2-5H2,1H3,(H,11,12,13). The fourth-order valence-corrected chi connectivity index (χ4v) is 3.75. The van der Waals surface area contributed by atoms with Crippen molar-refractivity contribution in [3.63, 3.8) is 0 Å². The van der Waals surface area contributed by atoms with Crippen LogP contribution in [-0.4, -0.2) is 48.0 Å². The zero-order valence-electron chi connectivity index (χ0n) is 10.8. The third kappa shape index (κ3) is 3.13. The van der Waals surface area contributed by atoms with E-state index in [1.165, 1.54) is 7.11 Å². The molecule has 110 valence electrons. The smallest absolute Gasteiger partial charge is 0.372 e. The van der Waals surface area contributed by atoms with Gasteiger partial charge in [-0.1, -0.05) is 0 Å². The fraction of sp³-hybridized carbons (Fsp3) is 0.600. The first-order chi connectivity index (χ1) is 9.43. The molecule has 1 aliphatic rings. The Morgan fingerprint density at radius 1 is 1.50 bits per heavy atom. The number of ether oxygens (including phenoxy) is 1. The number of aromatic nitrogens is 2. The molecule has 0 amide bonds. The van der Waals surface area contributed by atoms with Crippen molar-refractivity contribution in [2.45, 2.75) is 18.9 Å². The molecule has 1 aromatic rings. The van der Waals surface area contributed by atoms with Crippen molar-refractivity contribution in [2.24, 2.45) is 0 Å². The lowest BCUT2D eigenvalue weighted by molar-refractivity contribution is -0.385. The van der Waals surface area contributed by atoms with Gasteiger partial charge < -0.3 is 10.1 Å². The lowest BCUT2D eigenvalue weighted by Gasteiger charge is -2.23. The number of nitrogens with zero attached hydrogens (tertiary/aromatic N) is 3. The molecule has 1 saturated heterocycles. The molecule has 1 N–H and O–H groups in total. The molecule has 0 saturated carbocycles. The van der Waals surface area contributed by atoms with Gasteiger partial charge in [0.25, 0.3) is 5.88 Å². The van der Waals surface area contributed by atoms with Crippen LogP contribution in [0, 0.1) is 10.1 Å². The van der Waals surface area contributed by atoms with Crippen molar-refractivity contribution in [2.75, 3.05) is 23.9 Å². The minimum Gasteiger partial charge on any atom is -0.476 e. The van der Waals surface area contributed by atoms with Gasteiger partial charge in [0.2, 0.25) is 5.82 Å². The minimum absolute atomic E-state index is 0.0241. The number of anilines is 1. The molecule has 2 heterocycles. The van der Waals surface area contributed by atoms with E-state index in [2.05, 4.69) is 15.3 Å². The second kappa shape index (κ2) is 5.57. The molecule has 10 heteroatoms. The van der Waals surface area contributed by atoms with Crippen LogP contribution < -0.4 is 10.1 Å². The highest BCUT2D eigenvalue weighted by atomic mass is 32.2. The van der Waals surface area contributed by atoms with E-state index in [9.17, 15) is 18.5 Å². The highest BCUT2D eigenvalue weighted by molar-refractivity contribution is 7.91. The van der Waals surface area contributed by atoms with Crippen LogP contribution >= 0.6 is 0 Å². The summed E-state index contributed by atoms with van der Waals surface area (Å²) in [5.74, 6) is -0.0910. The van der Waals surface area contributed by atoms with Gasteiger partial charge in [0.05, 0.1) is 23.5 Å². The number of methoxy groups -OCH3 is 1. The average Bonchev–Trinajstić information content (AvgIpc) is 2.36. The fourth-order valence-electron chi connectivity index (χ4n) is 2.11. The van der Waals surface area contributed by atoms with Gasteiger partial charge in [0, 0.05) is 6.04 Å². The maximum atomic E-state index is 11.6. The van der Waals surface area contributed by atoms with Gasteiger partial charge in [-0.3, -0.25) is 10.1 Å². The Kier molecular flexibility index (Phi) is 4.02. The molecule has 0 spiro atoms. The Hall–Kier alpha value is -1.97. The molecule has 0 bridgehead atoms. The van der Waals surface area contributed by atoms with Crippen LogP contribution in [0.4, 0.5) is 11.5 Å². The van der Waals surface area contributed by atoms with E-state index in [0.717, 1.165) is 6.33 Å². The predicted octanol–water partition coefficient (Wildman–Crippen LogP) is 0.383. The molecule has 1 aromatic heterocycles. The third-order valence-electron chi connectivity index (χ3n) is 2.97. The molecule has 1 unspecified atom stereocenters. The number of nitro groups is 1. The van der Waals surface area contributed by atoms with Gasteiger partial charge in [0.1, 0.15) is 6.33 Å². The van der Waals surface area contributed by atoms with E-state index in [1.807, 2.05) is 0 Å². The molecule has 1 fully saturated rings. The van der Waals surface area contributed by atoms with Crippen molar-refractivity contribution in [1.82, 2.24) is 9.97 Å². The molecule has 2 rings (SSSR count). The van der Waals surface area contributed by atoms with E-state index in [0.29, 0.717) is 12.8 Å². The zero-order chi connectivity index (χ0) is 14.8. The third-order valence-corrected chi connectivity index (χ3v) is 4.79. The highest BCUT2D eigenvalue weighted by Crippen LogP contribution is 2.31. The number of rotatable bonds is 4. The van der Waals surface area contributed by atoms with Crippen molar-refractivity contribution < 1.29 is 18.1 Å². The first kappa shape index (κ1) is 14.4. The van der Waals surface area contributed by atoms with E-state index in [1.54, 1.807) is 0 Å². The topological polar surface area (TPSA) is 124 Å². The summed E-state index contributed by atoms with van der Waals surface area (Å²) in [5, 5.41) is 13.9. The normalized spacial score (nSPS) is 21.1. The molecule has 1 aliphatic heterocycles. The quantitative estimate of drug-likeness (QED) is 0.625. The molecule has 0 radical (unpaired) electrons. The van der Waals surface area contributed by atoms with Gasteiger partial charge in [-0.25, -0.2) is 13.4 Å². The zero-order valence-corrected chi connectivity index (χ0v) is 11.6. The Balaban J connectivity index is 2.27. The van der Waals surface area contributed by atoms with Crippen molar-refractivity contribution >= 4 is 21.3 Å². The van der Waals surface area contributed by atoms with Gasteiger partial charge >= 0.3 is 5.69 Å². The highest BCUT2D eigenvalue weighted by Gasteiger charge is 2.29. The van der Waals surface area contributed by atoms with E-state index in [-0.39, 0.29) is 23.2 Å². The Labute approximate surface area is 115 Å². The van der Waals surface area contributed by atoms with Crippen molar-refractivity contribution in [3.05, 3.63) is 16.4 Å². The number of hydrogen-bond donors (Lipinski definition) is 1. The molecule has 1 atom stereocenters. The van der Waals surface area contributed by atoms with Gasteiger partial charge in [-0.2, -0.15) is 4.98 Å². The van der Waals surface area contributed by atoms with E-state index in [4.69, 9.17) is 4.74 Å². The van der Waals surface area contributed by atoms with Crippen LogP contribution in [0.2, 0.25) is 0 Å². The first-order valence-electron chi connectivity index (χ1n) is 5.93. The van der Waals surface area contributed by atoms with Crippen molar-refractivity contribution in [3.8, 4) is 5.88 Å². The molecule has 0 aliphatic carbocycles. The van der Waals surface area contributed by atoms with Crippen LogP contribution in [0.3, 0.4) is 0 Å². The van der Waals surface area contributed by atoms with E-state index < -0.39 is 26.5 Å². The summed E-state index contributed by atoms with van der Waals surface area (Å²) < 4.78 is 27.9. The Bertz CT molecular complexity index is 618. The summed E-state index contributed by atoms with van der Waals surface area (Å²) in [6, 6.07) is -0.396. The molecular weight excluding hydrogens is 288 g/mol.